The van der Waals surface area contributed by atoms with Gasteiger partial charge in [0, 0.05) is 17.7 Å². The lowest BCUT2D eigenvalue weighted by atomic mass is 10.2. The van der Waals surface area contributed by atoms with E-state index in [1.807, 2.05) is 33.8 Å². The highest BCUT2D eigenvalue weighted by Crippen LogP contribution is 2.23. The molecule has 0 unspecified atom stereocenters. The smallest absolute Gasteiger partial charge is 0.137 e. The Balaban J connectivity index is 2.20. The molecule has 0 amide bonds. The van der Waals surface area contributed by atoms with Crippen LogP contribution in [-0.4, -0.2) is 19.9 Å². The Bertz CT molecular complexity index is 613. The third kappa shape index (κ3) is 3.42. The first-order valence-electron chi connectivity index (χ1n) is 6.53. The number of nitrogens with zero attached hydrogens (tertiary/aromatic N) is 4. The Morgan fingerprint density at radius 1 is 1.20 bits per heavy atom. The molecule has 2 aromatic heterocycles. The number of anilines is 1. The summed E-state index contributed by atoms with van der Waals surface area (Å²) < 4.78 is 0. The average molecular weight is 292 g/mol. The van der Waals surface area contributed by atoms with E-state index >= 15 is 0 Å². The second-order valence-electron chi connectivity index (χ2n) is 4.95. The zero-order valence-electron chi connectivity index (χ0n) is 12.1. The maximum atomic E-state index is 6.15. The van der Waals surface area contributed by atoms with E-state index < -0.39 is 0 Å². The van der Waals surface area contributed by atoms with E-state index in [2.05, 4.69) is 25.3 Å². The van der Waals surface area contributed by atoms with Crippen LogP contribution in [-0.2, 0) is 6.54 Å². The number of rotatable bonds is 4. The molecule has 0 bridgehead atoms. The molecule has 2 rings (SSSR count). The summed E-state index contributed by atoms with van der Waals surface area (Å²) in [6, 6.07) is 1.88. The van der Waals surface area contributed by atoms with Gasteiger partial charge in [-0.05, 0) is 19.9 Å². The van der Waals surface area contributed by atoms with E-state index in [1.54, 1.807) is 6.20 Å². The molecule has 1 N–H and O–H groups in total. The van der Waals surface area contributed by atoms with E-state index in [1.165, 1.54) is 0 Å². The van der Waals surface area contributed by atoms with Crippen LogP contribution in [0.1, 0.15) is 42.7 Å². The summed E-state index contributed by atoms with van der Waals surface area (Å²) in [7, 11) is 0. The van der Waals surface area contributed by atoms with Crippen molar-refractivity contribution in [1.29, 1.82) is 0 Å². The molecule has 6 heteroatoms. The van der Waals surface area contributed by atoms with Crippen molar-refractivity contribution in [1.82, 2.24) is 19.9 Å². The fourth-order valence-electron chi connectivity index (χ4n) is 1.71. The van der Waals surface area contributed by atoms with Crippen LogP contribution >= 0.6 is 11.6 Å². The first-order valence-corrected chi connectivity index (χ1v) is 6.91. The molecule has 20 heavy (non-hydrogen) atoms. The van der Waals surface area contributed by atoms with Gasteiger partial charge in [0.2, 0.25) is 0 Å². The Kier molecular flexibility index (Phi) is 4.49. The third-order valence-corrected chi connectivity index (χ3v) is 3.26. The molecule has 0 radical (unpaired) electrons. The van der Waals surface area contributed by atoms with E-state index in [0.717, 1.165) is 28.7 Å². The first-order chi connectivity index (χ1) is 9.47. The number of hydrogen-bond acceptors (Lipinski definition) is 5. The van der Waals surface area contributed by atoms with Crippen LogP contribution < -0.4 is 5.32 Å². The normalized spacial score (nSPS) is 10.9. The zero-order chi connectivity index (χ0) is 14.7. The number of aromatic nitrogens is 4. The standard InChI is InChI=1S/C14H18ClN5/c1-8(2)13-19-12(15)9(3)14(20-13)17-7-11-5-6-16-10(4)18-11/h5-6,8H,7H2,1-4H3,(H,17,19,20). The minimum absolute atomic E-state index is 0.231. The van der Waals surface area contributed by atoms with Crippen LogP contribution in [0.5, 0.6) is 0 Å². The molecular formula is C14H18ClN5. The van der Waals surface area contributed by atoms with Crippen molar-refractivity contribution in [3.63, 3.8) is 0 Å². The number of halogens is 1. The van der Waals surface area contributed by atoms with Crippen molar-refractivity contribution in [2.75, 3.05) is 5.32 Å². The minimum atomic E-state index is 0.231. The SMILES string of the molecule is Cc1nccc(CNc2nc(C(C)C)nc(Cl)c2C)n1. The van der Waals surface area contributed by atoms with E-state index in [0.29, 0.717) is 11.7 Å². The Morgan fingerprint density at radius 2 is 1.95 bits per heavy atom. The maximum Gasteiger partial charge on any atom is 0.137 e. The molecule has 0 aliphatic carbocycles. The molecule has 2 aromatic rings. The van der Waals surface area contributed by atoms with Gasteiger partial charge >= 0.3 is 0 Å². The van der Waals surface area contributed by atoms with Crippen LogP contribution in [0, 0.1) is 13.8 Å². The van der Waals surface area contributed by atoms with Crippen molar-refractivity contribution in [2.24, 2.45) is 0 Å². The lowest BCUT2D eigenvalue weighted by Gasteiger charge is -2.12. The molecule has 2 heterocycles. The fraction of sp³-hybridized carbons (Fsp3) is 0.429. The molecule has 0 aliphatic heterocycles. The maximum absolute atomic E-state index is 6.15. The lowest BCUT2D eigenvalue weighted by molar-refractivity contribution is 0.771. The van der Waals surface area contributed by atoms with E-state index in [9.17, 15) is 0 Å². The summed E-state index contributed by atoms with van der Waals surface area (Å²) in [6.07, 6.45) is 1.75. The summed E-state index contributed by atoms with van der Waals surface area (Å²) in [5, 5.41) is 3.76. The lowest BCUT2D eigenvalue weighted by Crippen LogP contribution is -2.09. The highest BCUT2D eigenvalue weighted by molar-refractivity contribution is 6.30. The summed E-state index contributed by atoms with van der Waals surface area (Å²) in [6.45, 7) is 8.43. The average Bonchev–Trinajstić information content (AvgIpc) is 2.40. The molecular weight excluding hydrogens is 274 g/mol. The molecule has 106 valence electrons. The molecule has 0 saturated heterocycles. The largest absolute Gasteiger partial charge is 0.364 e. The molecule has 5 nitrogen and oxygen atoms in total. The molecule has 0 aliphatic rings. The second kappa shape index (κ2) is 6.13. The van der Waals surface area contributed by atoms with Crippen LogP contribution in [0.3, 0.4) is 0 Å². The highest BCUT2D eigenvalue weighted by Gasteiger charge is 2.11. The summed E-state index contributed by atoms with van der Waals surface area (Å²) in [4.78, 5) is 17.2. The number of aryl methyl sites for hydroxylation is 1. The summed E-state index contributed by atoms with van der Waals surface area (Å²) in [5.74, 6) is 2.48. The highest BCUT2D eigenvalue weighted by atomic mass is 35.5. The molecule has 0 atom stereocenters. The van der Waals surface area contributed by atoms with Gasteiger partial charge < -0.3 is 5.32 Å². The first kappa shape index (κ1) is 14.7. The van der Waals surface area contributed by atoms with E-state index in [-0.39, 0.29) is 5.92 Å². The number of nitrogens with one attached hydrogen (secondary N) is 1. The fourth-order valence-corrected chi connectivity index (χ4v) is 1.89. The molecule has 0 spiro atoms. The Hall–Kier alpha value is -1.75. The topological polar surface area (TPSA) is 63.6 Å². The van der Waals surface area contributed by atoms with Gasteiger partial charge in [-0.15, -0.1) is 0 Å². The monoisotopic (exact) mass is 291 g/mol. The van der Waals surface area contributed by atoms with Gasteiger partial charge in [-0.1, -0.05) is 25.4 Å². The van der Waals surface area contributed by atoms with Crippen LogP contribution in [0.15, 0.2) is 12.3 Å². The predicted octanol–water partition coefficient (Wildman–Crippen LogP) is 3.27. The van der Waals surface area contributed by atoms with Crippen molar-refractivity contribution < 1.29 is 0 Å². The van der Waals surface area contributed by atoms with Crippen LogP contribution in [0.2, 0.25) is 5.15 Å². The third-order valence-electron chi connectivity index (χ3n) is 2.89. The van der Waals surface area contributed by atoms with Gasteiger partial charge in [0.05, 0.1) is 12.2 Å². The molecule has 0 aromatic carbocycles. The minimum Gasteiger partial charge on any atom is -0.364 e. The van der Waals surface area contributed by atoms with Gasteiger partial charge in [0.1, 0.15) is 22.6 Å². The predicted molar refractivity (Wildman–Crippen MR) is 80.0 cm³/mol. The van der Waals surface area contributed by atoms with Crippen LogP contribution in [0.4, 0.5) is 5.82 Å². The van der Waals surface area contributed by atoms with Crippen molar-refractivity contribution in [3.8, 4) is 0 Å². The summed E-state index contributed by atoms with van der Waals surface area (Å²) in [5.41, 5.74) is 1.76. The van der Waals surface area contributed by atoms with Gasteiger partial charge in [-0.3, -0.25) is 0 Å². The van der Waals surface area contributed by atoms with Gasteiger partial charge in [-0.2, -0.15) is 0 Å². The quantitative estimate of drug-likeness (QED) is 0.876. The van der Waals surface area contributed by atoms with Crippen molar-refractivity contribution >= 4 is 17.4 Å². The number of hydrogen-bond donors (Lipinski definition) is 1. The second-order valence-corrected chi connectivity index (χ2v) is 5.31. The Morgan fingerprint density at radius 3 is 2.60 bits per heavy atom. The van der Waals surface area contributed by atoms with Gasteiger partial charge in [-0.25, -0.2) is 19.9 Å². The Labute approximate surface area is 123 Å². The molecule has 0 saturated carbocycles. The van der Waals surface area contributed by atoms with Crippen molar-refractivity contribution in [3.05, 3.63) is 40.3 Å². The van der Waals surface area contributed by atoms with E-state index in [4.69, 9.17) is 11.6 Å². The molecule has 0 fully saturated rings. The van der Waals surface area contributed by atoms with Crippen molar-refractivity contribution in [2.45, 2.75) is 40.2 Å². The van der Waals surface area contributed by atoms with Gasteiger partial charge in [0.25, 0.3) is 0 Å². The summed E-state index contributed by atoms with van der Waals surface area (Å²) >= 11 is 6.15. The zero-order valence-corrected chi connectivity index (χ0v) is 12.9. The van der Waals surface area contributed by atoms with Gasteiger partial charge in [0.15, 0.2) is 0 Å². The van der Waals surface area contributed by atoms with Crippen LogP contribution in [0.25, 0.3) is 0 Å².